The molecule has 0 aromatic heterocycles. The summed E-state index contributed by atoms with van der Waals surface area (Å²) < 4.78 is 11.4. The molecule has 31 heavy (non-hydrogen) atoms. The lowest BCUT2D eigenvalue weighted by Crippen LogP contribution is -2.23. The summed E-state index contributed by atoms with van der Waals surface area (Å²) in [6.07, 6.45) is 1.46. The van der Waals surface area contributed by atoms with Crippen LogP contribution >= 0.6 is 11.6 Å². The Bertz CT molecular complexity index is 1080. The van der Waals surface area contributed by atoms with E-state index in [2.05, 4.69) is 5.32 Å². The van der Waals surface area contributed by atoms with E-state index >= 15 is 0 Å². The molecular weight excluding hydrogens is 416 g/mol. The van der Waals surface area contributed by atoms with Gasteiger partial charge >= 0.3 is 0 Å². The fraction of sp³-hybridized carbons (Fsp3) is 0.167. The number of benzene rings is 3. The monoisotopic (exact) mass is 436 g/mol. The summed E-state index contributed by atoms with van der Waals surface area (Å²) in [5, 5.41) is 3.28. The molecule has 1 fully saturated rings. The normalized spacial score (nSPS) is 13.2. The van der Waals surface area contributed by atoms with Crippen LogP contribution in [0.15, 0.2) is 72.8 Å². The molecule has 1 aliphatic rings. The molecule has 0 bridgehead atoms. The van der Waals surface area contributed by atoms with Crippen LogP contribution in [-0.2, 0) is 9.59 Å². The van der Waals surface area contributed by atoms with Crippen molar-refractivity contribution >= 4 is 34.8 Å². The lowest BCUT2D eigenvalue weighted by molar-refractivity contribution is -0.118. The van der Waals surface area contributed by atoms with Crippen LogP contribution in [0.3, 0.4) is 0 Å². The highest BCUT2D eigenvalue weighted by atomic mass is 35.5. The van der Waals surface area contributed by atoms with Crippen LogP contribution in [0, 0.1) is 0 Å². The Kier molecular flexibility index (Phi) is 6.38. The molecule has 0 aliphatic carbocycles. The van der Waals surface area contributed by atoms with Crippen LogP contribution in [-0.4, -0.2) is 25.0 Å². The standard InChI is InChI=1S/C24H21ClN2O4/c25-19-6-1-3-8-21(19)31-22-9-4-2-7-20(22)26-23(28)16-30-18-13-11-17(12-14-18)27-15-5-10-24(27)29/h1-4,6-9,11-14H,5,10,15-16H2,(H,26,28). The Hall–Kier alpha value is -3.51. The number of carbonyl (C=O) groups excluding carboxylic acids is 2. The Labute approximate surface area is 185 Å². The van der Waals surface area contributed by atoms with E-state index in [0.29, 0.717) is 34.4 Å². The number of amides is 2. The van der Waals surface area contributed by atoms with E-state index in [9.17, 15) is 9.59 Å². The number of para-hydroxylation sites is 3. The molecule has 7 heteroatoms. The van der Waals surface area contributed by atoms with Gasteiger partial charge in [0.05, 0.1) is 10.7 Å². The molecule has 0 unspecified atom stereocenters. The molecule has 3 aromatic carbocycles. The summed E-state index contributed by atoms with van der Waals surface area (Å²) in [6.45, 7) is 0.569. The summed E-state index contributed by atoms with van der Waals surface area (Å²) in [5.41, 5.74) is 1.35. The van der Waals surface area contributed by atoms with Gasteiger partial charge in [0.2, 0.25) is 5.91 Å². The van der Waals surface area contributed by atoms with Gasteiger partial charge in [-0.1, -0.05) is 35.9 Å². The van der Waals surface area contributed by atoms with Crippen molar-refractivity contribution in [1.29, 1.82) is 0 Å². The van der Waals surface area contributed by atoms with Crippen molar-refractivity contribution < 1.29 is 19.1 Å². The average molecular weight is 437 g/mol. The number of nitrogens with one attached hydrogen (secondary N) is 1. The molecule has 3 aromatic rings. The minimum Gasteiger partial charge on any atom is -0.484 e. The zero-order valence-electron chi connectivity index (χ0n) is 16.7. The molecular formula is C24H21ClN2O4. The molecule has 0 atom stereocenters. The van der Waals surface area contributed by atoms with E-state index in [0.717, 1.165) is 18.7 Å². The van der Waals surface area contributed by atoms with E-state index in [4.69, 9.17) is 21.1 Å². The van der Waals surface area contributed by atoms with Gasteiger partial charge in [-0.25, -0.2) is 0 Å². The molecule has 6 nitrogen and oxygen atoms in total. The highest BCUT2D eigenvalue weighted by Crippen LogP contribution is 2.33. The summed E-state index contributed by atoms with van der Waals surface area (Å²) in [6, 6.07) is 21.4. The fourth-order valence-electron chi connectivity index (χ4n) is 3.28. The molecule has 0 saturated carbocycles. The lowest BCUT2D eigenvalue weighted by atomic mass is 10.2. The quantitative estimate of drug-likeness (QED) is 0.547. The van der Waals surface area contributed by atoms with Gasteiger partial charge in [-0.3, -0.25) is 9.59 Å². The Morgan fingerprint density at radius 3 is 2.39 bits per heavy atom. The number of hydrogen-bond acceptors (Lipinski definition) is 4. The maximum atomic E-state index is 12.4. The number of carbonyl (C=O) groups is 2. The van der Waals surface area contributed by atoms with E-state index in [-0.39, 0.29) is 18.4 Å². The first-order valence-electron chi connectivity index (χ1n) is 9.94. The third-order valence-electron chi connectivity index (χ3n) is 4.81. The third kappa shape index (κ3) is 5.16. The van der Waals surface area contributed by atoms with Crippen molar-refractivity contribution in [2.24, 2.45) is 0 Å². The van der Waals surface area contributed by atoms with Crippen LogP contribution < -0.4 is 19.7 Å². The highest BCUT2D eigenvalue weighted by Gasteiger charge is 2.21. The molecule has 4 rings (SSSR count). The second kappa shape index (κ2) is 9.53. The summed E-state index contributed by atoms with van der Waals surface area (Å²) >= 11 is 6.16. The van der Waals surface area contributed by atoms with E-state index in [1.165, 1.54) is 0 Å². The predicted molar refractivity (Wildman–Crippen MR) is 120 cm³/mol. The minimum atomic E-state index is -0.325. The largest absolute Gasteiger partial charge is 0.484 e. The van der Waals surface area contributed by atoms with Gasteiger partial charge in [-0.15, -0.1) is 0 Å². The van der Waals surface area contributed by atoms with Crippen LogP contribution in [0.5, 0.6) is 17.2 Å². The first-order chi connectivity index (χ1) is 15.1. The van der Waals surface area contributed by atoms with Crippen molar-refractivity contribution in [3.8, 4) is 17.2 Å². The van der Waals surface area contributed by atoms with Crippen molar-refractivity contribution in [2.45, 2.75) is 12.8 Å². The maximum Gasteiger partial charge on any atom is 0.262 e. The molecule has 0 radical (unpaired) electrons. The zero-order valence-corrected chi connectivity index (χ0v) is 17.5. The first-order valence-corrected chi connectivity index (χ1v) is 10.3. The van der Waals surface area contributed by atoms with Gasteiger partial charge in [0.15, 0.2) is 12.4 Å². The van der Waals surface area contributed by atoms with E-state index in [1.807, 2.05) is 30.3 Å². The maximum absolute atomic E-state index is 12.4. The lowest BCUT2D eigenvalue weighted by Gasteiger charge is -2.16. The molecule has 1 aliphatic heterocycles. The number of ether oxygens (including phenoxy) is 2. The zero-order chi connectivity index (χ0) is 21.6. The molecule has 1 N–H and O–H groups in total. The first kappa shape index (κ1) is 20.8. The summed E-state index contributed by atoms with van der Waals surface area (Å²) in [7, 11) is 0. The van der Waals surface area contributed by atoms with Crippen LogP contribution in [0.2, 0.25) is 5.02 Å². The third-order valence-corrected chi connectivity index (χ3v) is 5.12. The van der Waals surface area contributed by atoms with E-state index in [1.54, 1.807) is 47.4 Å². The summed E-state index contributed by atoms with van der Waals surface area (Å²) in [4.78, 5) is 26.0. The Morgan fingerprint density at radius 2 is 1.68 bits per heavy atom. The molecule has 158 valence electrons. The second-order valence-corrected chi connectivity index (χ2v) is 7.42. The van der Waals surface area contributed by atoms with Gasteiger partial charge in [0.25, 0.3) is 5.91 Å². The van der Waals surface area contributed by atoms with E-state index < -0.39 is 0 Å². The number of anilines is 2. The summed E-state index contributed by atoms with van der Waals surface area (Å²) in [5.74, 6) is 1.33. The van der Waals surface area contributed by atoms with Crippen LogP contribution in [0.4, 0.5) is 11.4 Å². The minimum absolute atomic E-state index is 0.130. The fourth-order valence-corrected chi connectivity index (χ4v) is 3.46. The molecule has 2 amide bonds. The Morgan fingerprint density at radius 1 is 0.968 bits per heavy atom. The van der Waals surface area contributed by atoms with Crippen LogP contribution in [0.1, 0.15) is 12.8 Å². The van der Waals surface area contributed by atoms with Crippen molar-refractivity contribution in [2.75, 3.05) is 23.4 Å². The number of nitrogens with zero attached hydrogens (tertiary/aromatic N) is 1. The van der Waals surface area contributed by atoms with Gasteiger partial charge < -0.3 is 19.7 Å². The number of rotatable bonds is 7. The Balaban J connectivity index is 1.35. The topological polar surface area (TPSA) is 67.9 Å². The highest BCUT2D eigenvalue weighted by molar-refractivity contribution is 6.32. The van der Waals surface area contributed by atoms with Crippen LogP contribution in [0.25, 0.3) is 0 Å². The van der Waals surface area contributed by atoms with Gasteiger partial charge in [0, 0.05) is 18.7 Å². The smallest absolute Gasteiger partial charge is 0.262 e. The second-order valence-electron chi connectivity index (χ2n) is 7.01. The van der Waals surface area contributed by atoms with Gasteiger partial charge in [-0.2, -0.15) is 0 Å². The van der Waals surface area contributed by atoms with Crippen molar-refractivity contribution in [3.05, 3.63) is 77.8 Å². The average Bonchev–Trinajstić information content (AvgIpc) is 3.21. The van der Waals surface area contributed by atoms with Gasteiger partial charge in [-0.05, 0) is 55.0 Å². The molecule has 1 saturated heterocycles. The van der Waals surface area contributed by atoms with Crippen molar-refractivity contribution in [3.63, 3.8) is 0 Å². The number of halogens is 1. The number of hydrogen-bond donors (Lipinski definition) is 1. The predicted octanol–water partition coefficient (Wildman–Crippen LogP) is 5.28. The molecule has 1 heterocycles. The molecule has 0 spiro atoms. The van der Waals surface area contributed by atoms with Crippen molar-refractivity contribution in [1.82, 2.24) is 0 Å². The van der Waals surface area contributed by atoms with Gasteiger partial charge in [0.1, 0.15) is 11.5 Å². The SMILES string of the molecule is O=C(COc1ccc(N2CCCC2=O)cc1)Nc1ccccc1Oc1ccccc1Cl.